The Labute approximate surface area is 140 Å². The van der Waals surface area contributed by atoms with Crippen LogP contribution >= 0.6 is 11.6 Å². The van der Waals surface area contributed by atoms with E-state index >= 15 is 0 Å². The maximum atomic E-state index is 12.6. The lowest BCUT2D eigenvalue weighted by Gasteiger charge is -2.17. The average molecular weight is 354 g/mol. The third-order valence-corrected chi connectivity index (χ3v) is 5.75. The van der Waals surface area contributed by atoms with Gasteiger partial charge in [-0.15, -0.1) is 5.10 Å². The van der Waals surface area contributed by atoms with Gasteiger partial charge in [0.2, 0.25) is 15.9 Å². The zero-order valence-electron chi connectivity index (χ0n) is 12.5. The topological polar surface area (TPSA) is 72.4 Å². The van der Waals surface area contributed by atoms with Crippen molar-refractivity contribution in [3.05, 3.63) is 47.1 Å². The molecule has 0 N–H and O–H groups in total. The van der Waals surface area contributed by atoms with Crippen LogP contribution in [-0.4, -0.2) is 42.1 Å². The molecule has 0 spiro atoms. The van der Waals surface area contributed by atoms with Gasteiger partial charge in [-0.3, -0.25) is 0 Å². The average Bonchev–Trinajstić information content (AvgIpc) is 2.99. The highest BCUT2D eigenvalue weighted by atomic mass is 35.5. The summed E-state index contributed by atoms with van der Waals surface area (Å²) in [5.74, 6) is 0.409. The molecule has 2 heterocycles. The van der Waals surface area contributed by atoms with Gasteiger partial charge in [-0.25, -0.2) is 8.42 Å². The molecule has 1 fully saturated rings. The lowest BCUT2D eigenvalue weighted by Crippen LogP contribution is -2.31. The first kappa shape index (κ1) is 16.2. The van der Waals surface area contributed by atoms with Crippen molar-refractivity contribution in [1.29, 1.82) is 0 Å². The highest BCUT2D eigenvalue weighted by molar-refractivity contribution is 7.89. The standard InChI is InChI=1S/C15H16ClN3O3S/c1-11-2-7-15(18-17-11)22-13-8-9-19(10-13)23(20,21)14-5-3-12(16)4-6-14/h2-7,13H,8-10H2,1H3. The maximum Gasteiger partial charge on any atom is 0.243 e. The molecule has 1 aliphatic heterocycles. The van der Waals surface area contributed by atoms with Crippen molar-refractivity contribution in [2.24, 2.45) is 0 Å². The molecule has 1 atom stereocenters. The van der Waals surface area contributed by atoms with Gasteiger partial charge in [0.1, 0.15) is 6.10 Å². The van der Waals surface area contributed by atoms with Crippen LogP contribution in [0.1, 0.15) is 12.1 Å². The van der Waals surface area contributed by atoms with Crippen LogP contribution in [0.2, 0.25) is 5.02 Å². The number of aryl methyl sites for hydroxylation is 1. The lowest BCUT2D eigenvalue weighted by molar-refractivity contribution is 0.204. The quantitative estimate of drug-likeness (QED) is 0.843. The van der Waals surface area contributed by atoms with Crippen molar-refractivity contribution in [3.8, 4) is 5.88 Å². The van der Waals surface area contributed by atoms with Crippen molar-refractivity contribution in [2.75, 3.05) is 13.1 Å². The van der Waals surface area contributed by atoms with E-state index in [2.05, 4.69) is 10.2 Å². The summed E-state index contributed by atoms with van der Waals surface area (Å²) >= 11 is 5.80. The van der Waals surface area contributed by atoms with Gasteiger partial charge in [0, 0.05) is 17.6 Å². The number of hydrogen-bond donors (Lipinski definition) is 0. The maximum absolute atomic E-state index is 12.6. The monoisotopic (exact) mass is 353 g/mol. The fourth-order valence-corrected chi connectivity index (χ4v) is 4.00. The lowest BCUT2D eigenvalue weighted by atomic mass is 10.3. The van der Waals surface area contributed by atoms with Crippen molar-refractivity contribution >= 4 is 21.6 Å². The van der Waals surface area contributed by atoms with Crippen LogP contribution in [0.4, 0.5) is 0 Å². The second-order valence-corrected chi connectivity index (χ2v) is 7.73. The number of rotatable bonds is 4. The molecule has 1 saturated heterocycles. The molecule has 3 rings (SSSR count). The predicted molar refractivity (Wildman–Crippen MR) is 86.0 cm³/mol. The molecule has 1 aromatic heterocycles. The molecule has 1 aromatic carbocycles. The Morgan fingerprint density at radius 2 is 1.91 bits per heavy atom. The highest BCUT2D eigenvalue weighted by Crippen LogP contribution is 2.24. The fourth-order valence-electron chi connectivity index (χ4n) is 2.39. The molecule has 0 bridgehead atoms. The van der Waals surface area contributed by atoms with Crippen LogP contribution in [0, 0.1) is 6.92 Å². The van der Waals surface area contributed by atoms with Crippen LogP contribution < -0.4 is 4.74 Å². The molecule has 0 saturated carbocycles. The molecular weight excluding hydrogens is 338 g/mol. The minimum atomic E-state index is -3.53. The third-order valence-electron chi connectivity index (χ3n) is 3.62. The number of hydrogen-bond acceptors (Lipinski definition) is 5. The zero-order chi connectivity index (χ0) is 16.4. The summed E-state index contributed by atoms with van der Waals surface area (Å²) in [6, 6.07) is 9.70. The minimum absolute atomic E-state index is 0.228. The van der Waals surface area contributed by atoms with Gasteiger partial charge in [0.05, 0.1) is 17.1 Å². The van der Waals surface area contributed by atoms with E-state index in [0.717, 1.165) is 5.69 Å². The Morgan fingerprint density at radius 3 is 2.57 bits per heavy atom. The molecular formula is C15H16ClN3O3S. The number of benzene rings is 1. The van der Waals surface area contributed by atoms with Gasteiger partial charge in [-0.1, -0.05) is 11.6 Å². The van der Waals surface area contributed by atoms with E-state index in [1.54, 1.807) is 24.3 Å². The largest absolute Gasteiger partial charge is 0.472 e. The number of halogens is 1. The van der Waals surface area contributed by atoms with E-state index in [1.807, 2.05) is 6.92 Å². The van der Waals surface area contributed by atoms with Crippen molar-refractivity contribution in [2.45, 2.75) is 24.3 Å². The smallest absolute Gasteiger partial charge is 0.243 e. The summed E-state index contributed by atoms with van der Waals surface area (Å²) in [7, 11) is -3.53. The Morgan fingerprint density at radius 1 is 1.17 bits per heavy atom. The van der Waals surface area contributed by atoms with Crippen molar-refractivity contribution in [1.82, 2.24) is 14.5 Å². The van der Waals surface area contributed by atoms with E-state index in [4.69, 9.17) is 16.3 Å². The molecule has 1 unspecified atom stereocenters. The number of sulfonamides is 1. The molecule has 122 valence electrons. The molecule has 23 heavy (non-hydrogen) atoms. The van der Waals surface area contributed by atoms with Gasteiger partial charge >= 0.3 is 0 Å². The number of nitrogens with zero attached hydrogens (tertiary/aromatic N) is 3. The summed E-state index contributed by atoms with van der Waals surface area (Å²) in [5, 5.41) is 8.37. The number of aromatic nitrogens is 2. The molecule has 0 radical (unpaired) electrons. The summed E-state index contributed by atoms with van der Waals surface area (Å²) < 4.78 is 32.3. The first-order chi connectivity index (χ1) is 10.9. The van der Waals surface area contributed by atoms with Crippen LogP contribution in [-0.2, 0) is 10.0 Å². The molecule has 8 heteroatoms. The second kappa shape index (κ2) is 6.43. The summed E-state index contributed by atoms with van der Waals surface area (Å²) in [5.41, 5.74) is 0.802. The number of ether oxygens (including phenoxy) is 1. The van der Waals surface area contributed by atoms with Crippen molar-refractivity contribution < 1.29 is 13.2 Å². The van der Waals surface area contributed by atoms with Crippen LogP contribution in [0.5, 0.6) is 5.88 Å². The molecule has 6 nitrogen and oxygen atoms in total. The Bertz CT molecular complexity index is 779. The van der Waals surface area contributed by atoms with Crippen LogP contribution in [0.3, 0.4) is 0 Å². The fraction of sp³-hybridized carbons (Fsp3) is 0.333. The Balaban J connectivity index is 1.69. The van der Waals surface area contributed by atoms with E-state index in [1.165, 1.54) is 16.4 Å². The zero-order valence-corrected chi connectivity index (χ0v) is 14.1. The molecule has 0 aliphatic carbocycles. The minimum Gasteiger partial charge on any atom is -0.472 e. The Kier molecular flexibility index (Phi) is 4.52. The Hall–Kier alpha value is -1.70. The van der Waals surface area contributed by atoms with Gasteiger partial charge in [0.25, 0.3) is 0 Å². The molecule has 1 aliphatic rings. The summed E-state index contributed by atoms with van der Waals surface area (Å²) in [6.45, 7) is 2.54. The summed E-state index contributed by atoms with van der Waals surface area (Å²) in [4.78, 5) is 0.234. The van der Waals surface area contributed by atoms with Crippen LogP contribution in [0.15, 0.2) is 41.3 Å². The van der Waals surface area contributed by atoms with Crippen molar-refractivity contribution in [3.63, 3.8) is 0 Å². The molecule has 0 amide bonds. The normalized spacial score (nSPS) is 19.0. The van der Waals surface area contributed by atoms with Gasteiger partial charge < -0.3 is 4.74 Å². The SMILES string of the molecule is Cc1ccc(OC2CCN(S(=O)(=O)c3ccc(Cl)cc3)C2)nn1. The third kappa shape index (κ3) is 3.63. The van der Waals surface area contributed by atoms with Gasteiger partial charge in [-0.05, 0) is 43.7 Å². The van der Waals surface area contributed by atoms with E-state index in [0.29, 0.717) is 30.4 Å². The summed E-state index contributed by atoms with van der Waals surface area (Å²) in [6.07, 6.45) is 0.386. The van der Waals surface area contributed by atoms with Crippen LogP contribution in [0.25, 0.3) is 0 Å². The second-order valence-electron chi connectivity index (χ2n) is 5.36. The highest BCUT2D eigenvalue weighted by Gasteiger charge is 2.33. The van der Waals surface area contributed by atoms with Gasteiger partial charge in [-0.2, -0.15) is 9.40 Å². The first-order valence-electron chi connectivity index (χ1n) is 7.18. The van der Waals surface area contributed by atoms with E-state index in [9.17, 15) is 8.42 Å². The molecule has 2 aromatic rings. The predicted octanol–water partition coefficient (Wildman–Crippen LogP) is 2.28. The van der Waals surface area contributed by atoms with E-state index < -0.39 is 10.0 Å². The first-order valence-corrected chi connectivity index (χ1v) is 9.00. The van der Waals surface area contributed by atoms with Gasteiger partial charge in [0.15, 0.2) is 0 Å². The van der Waals surface area contributed by atoms with E-state index in [-0.39, 0.29) is 11.0 Å².